The highest BCUT2D eigenvalue weighted by molar-refractivity contribution is 5.71. The van der Waals surface area contributed by atoms with Crippen molar-refractivity contribution in [1.29, 1.82) is 5.26 Å². The smallest absolute Gasteiger partial charge is 0.319 e. The molecule has 0 fully saturated rings. The Bertz CT molecular complexity index is 412. The number of benzene rings is 1. The lowest BCUT2D eigenvalue weighted by atomic mass is 10.0. The first-order valence-corrected chi connectivity index (χ1v) is 5.95. The predicted octanol–water partition coefficient (Wildman–Crippen LogP) is 1.79. The van der Waals surface area contributed by atoms with Gasteiger partial charge in [-0.25, -0.2) is 0 Å². The molecule has 4 heteroatoms. The van der Waals surface area contributed by atoms with Gasteiger partial charge in [-0.3, -0.25) is 9.69 Å². The number of hydrogen-bond acceptors (Lipinski definition) is 4. The number of nitrogens with zero attached hydrogens (tertiary/aromatic N) is 2. The van der Waals surface area contributed by atoms with Gasteiger partial charge in [0.1, 0.15) is 0 Å². The van der Waals surface area contributed by atoms with Crippen molar-refractivity contribution in [3.8, 4) is 6.07 Å². The molecule has 0 aromatic heterocycles. The van der Waals surface area contributed by atoms with E-state index in [2.05, 4.69) is 10.8 Å². The third kappa shape index (κ3) is 4.19. The first kappa shape index (κ1) is 14.2. The van der Waals surface area contributed by atoms with Crippen LogP contribution < -0.4 is 0 Å². The SMILES string of the molecule is CCN(CC(=O)OC)CC(C#N)c1ccccc1. The minimum absolute atomic E-state index is 0.220. The van der Waals surface area contributed by atoms with Crippen LogP contribution in [0.1, 0.15) is 18.4 Å². The molecule has 96 valence electrons. The van der Waals surface area contributed by atoms with E-state index in [0.29, 0.717) is 13.1 Å². The second kappa shape index (κ2) is 7.46. The molecule has 0 bridgehead atoms. The van der Waals surface area contributed by atoms with Crippen molar-refractivity contribution in [2.75, 3.05) is 26.7 Å². The van der Waals surface area contributed by atoms with Gasteiger partial charge in [-0.2, -0.15) is 5.26 Å². The molecule has 0 spiro atoms. The van der Waals surface area contributed by atoms with E-state index in [-0.39, 0.29) is 18.4 Å². The van der Waals surface area contributed by atoms with Crippen molar-refractivity contribution in [3.05, 3.63) is 35.9 Å². The monoisotopic (exact) mass is 246 g/mol. The van der Waals surface area contributed by atoms with Crippen molar-refractivity contribution in [1.82, 2.24) is 4.90 Å². The molecule has 0 saturated carbocycles. The maximum Gasteiger partial charge on any atom is 0.319 e. The van der Waals surface area contributed by atoms with Crippen molar-refractivity contribution in [2.45, 2.75) is 12.8 Å². The lowest BCUT2D eigenvalue weighted by molar-refractivity contribution is -0.141. The van der Waals surface area contributed by atoms with Crippen LogP contribution in [-0.2, 0) is 9.53 Å². The Morgan fingerprint density at radius 3 is 2.61 bits per heavy atom. The fourth-order valence-corrected chi connectivity index (χ4v) is 1.72. The Balaban J connectivity index is 2.67. The molecule has 18 heavy (non-hydrogen) atoms. The fraction of sp³-hybridized carbons (Fsp3) is 0.429. The van der Waals surface area contributed by atoms with E-state index in [1.165, 1.54) is 7.11 Å². The van der Waals surface area contributed by atoms with E-state index in [1.54, 1.807) is 0 Å². The summed E-state index contributed by atoms with van der Waals surface area (Å²) in [4.78, 5) is 13.2. The summed E-state index contributed by atoms with van der Waals surface area (Å²) in [6.07, 6.45) is 0. The molecule has 1 unspecified atom stereocenters. The van der Waals surface area contributed by atoms with Crippen LogP contribution in [0.3, 0.4) is 0 Å². The zero-order valence-corrected chi connectivity index (χ0v) is 10.8. The molecule has 0 N–H and O–H groups in total. The molecule has 1 rings (SSSR count). The summed E-state index contributed by atoms with van der Waals surface area (Å²) in [7, 11) is 1.37. The van der Waals surface area contributed by atoms with E-state index in [9.17, 15) is 10.1 Å². The Morgan fingerprint density at radius 1 is 1.44 bits per heavy atom. The number of carbonyl (C=O) groups is 1. The van der Waals surface area contributed by atoms with Crippen LogP contribution in [-0.4, -0.2) is 37.6 Å². The fourth-order valence-electron chi connectivity index (χ4n) is 1.72. The summed E-state index contributed by atoms with van der Waals surface area (Å²) in [5.41, 5.74) is 0.975. The normalized spacial score (nSPS) is 11.9. The quantitative estimate of drug-likeness (QED) is 0.718. The molecule has 0 saturated heterocycles. The van der Waals surface area contributed by atoms with Crippen LogP contribution in [0.4, 0.5) is 0 Å². The molecule has 0 amide bonds. The van der Waals surface area contributed by atoms with Gasteiger partial charge in [0.15, 0.2) is 0 Å². The number of nitriles is 1. The average molecular weight is 246 g/mol. The lowest BCUT2D eigenvalue weighted by Gasteiger charge is -2.21. The van der Waals surface area contributed by atoms with E-state index in [4.69, 9.17) is 0 Å². The van der Waals surface area contributed by atoms with Gasteiger partial charge in [0.25, 0.3) is 0 Å². The van der Waals surface area contributed by atoms with Crippen LogP contribution >= 0.6 is 0 Å². The predicted molar refractivity (Wildman–Crippen MR) is 68.9 cm³/mol. The highest BCUT2D eigenvalue weighted by Crippen LogP contribution is 2.15. The second-order valence-electron chi connectivity index (χ2n) is 4.00. The van der Waals surface area contributed by atoms with Crippen molar-refractivity contribution >= 4 is 5.97 Å². The Kier molecular flexibility index (Phi) is 5.89. The van der Waals surface area contributed by atoms with Crippen LogP contribution in [0, 0.1) is 11.3 Å². The molecule has 0 radical (unpaired) electrons. The van der Waals surface area contributed by atoms with Crippen molar-refractivity contribution in [2.24, 2.45) is 0 Å². The van der Waals surface area contributed by atoms with Crippen LogP contribution in [0.5, 0.6) is 0 Å². The molecule has 0 heterocycles. The van der Waals surface area contributed by atoms with Gasteiger partial charge in [-0.15, -0.1) is 0 Å². The van der Waals surface area contributed by atoms with Crippen LogP contribution in [0.15, 0.2) is 30.3 Å². The van der Waals surface area contributed by atoms with E-state index in [0.717, 1.165) is 5.56 Å². The molecular weight excluding hydrogens is 228 g/mol. The summed E-state index contributed by atoms with van der Waals surface area (Å²) in [6.45, 7) is 3.42. The van der Waals surface area contributed by atoms with Gasteiger partial charge in [0.2, 0.25) is 0 Å². The molecule has 1 aromatic carbocycles. The number of likely N-dealkylation sites (N-methyl/N-ethyl adjacent to an activating group) is 1. The van der Waals surface area contributed by atoms with Gasteiger partial charge in [0.05, 0.1) is 25.6 Å². The third-order valence-electron chi connectivity index (χ3n) is 2.83. The number of carbonyl (C=O) groups excluding carboxylic acids is 1. The largest absolute Gasteiger partial charge is 0.468 e. The van der Waals surface area contributed by atoms with Crippen LogP contribution in [0.2, 0.25) is 0 Å². The van der Waals surface area contributed by atoms with E-state index < -0.39 is 0 Å². The number of hydrogen-bond donors (Lipinski definition) is 0. The Morgan fingerprint density at radius 2 is 2.11 bits per heavy atom. The van der Waals surface area contributed by atoms with Gasteiger partial charge in [-0.1, -0.05) is 37.3 Å². The number of methoxy groups -OCH3 is 1. The van der Waals surface area contributed by atoms with Crippen molar-refractivity contribution < 1.29 is 9.53 Å². The number of ether oxygens (including phenoxy) is 1. The molecule has 4 nitrogen and oxygen atoms in total. The summed E-state index contributed by atoms with van der Waals surface area (Å²) < 4.78 is 4.64. The minimum Gasteiger partial charge on any atom is -0.468 e. The highest BCUT2D eigenvalue weighted by atomic mass is 16.5. The summed E-state index contributed by atoms with van der Waals surface area (Å²) in [5.74, 6) is -0.502. The summed E-state index contributed by atoms with van der Waals surface area (Å²) in [5, 5.41) is 9.22. The highest BCUT2D eigenvalue weighted by Gasteiger charge is 2.16. The molecule has 1 atom stereocenters. The zero-order valence-electron chi connectivity index (χ0n) is 10.8. The van der Waals surface area contributed by atoms with E-state index in [1.807, 2.05) is 42.2 Å². The summed E-state index contributed by atoms with van der Waals surface area (Å²) in [6, 6.07) is 11.9. The van der Waals surface area contributed by atoms with Gasteiger partial charge in [0, 0.05) is 6.54 Å². The van der Waals surface area contributed by atoms with Gasteiger partial charge >= 0.3 is 5.97 Å². The molecule has 0 aliphatic carbocycles. The first-order valence-electron chi connectivity index (χ1n) is 5.95. The van der Waals surface area contributed by atoms with Crippen molar-refractivity contribution in [3.63, 3.8) is 0 Å². The second-order valence-corrected chi connectivity index (χ2v) is 4.00. The van der Waals surface area contributed by atoms with Gasteiger partial charge in [-0.05, 0) is 12.1 Å². The maximum absolute atomic E-state index is 11.2. The Labute approximate surface area is 108 Å². The van der Waals surface area contributed by atoms with Gasteiger partial charge < -0.3 is 4.74 Å². The maximum atomic E-state index is 11.2. The first-order chi connectivity index (χ1) is 8.71. The summed E-state index contributed by atoms with van der Waals surface area (Å²) >= 11 is 0. The molecule has 1 aromatic rings. The molecular formula is C14H18N2O2. The minimum atomic E-state index is -0.276. The van der Waals surface area contributed by atoms with E-state index >= 15 is 0 Å². The Hall–Kier alpha value is -1.86. The zero-order chi connectivity index (χ0) is 13.4. The molecule has 0 aliphatic heterocycles. The van der Waals surface area contributed by atoms with Crippen LogP contribution in [0.25, 0.3) is 0 Å². The molecule has 0 aliphatic rings. The topological polar surface area (TPSA) is 53.3 Å². The number of esters is 1. The standard InChI is InChI=1S/C14H18N2O2/c1-3-16(11-14(17)18-2)10-13(9-15)12-7-5-4-6-8-12/h4-8,13H,3,10-11H2,1-2H3. The third-order valence-corrected chi connectivity index (χ3v) is 2.83. The average Bonchev–Trinajstić information content (AvgIpc) is 2.43. The lowest BCUT2D eigenvalue weighted by Crippen LogP contribution is -2.33. The number of rotatable bonds is 6.